The van der Waals surface area contributed by atoms with E-state index in [0.29, 0.717) is 23.1 Å². The monoisotopic (exact) mass is 383 g/mol. The SMILES string of the molecule is C=CCn1c(SCC(=O)c2ccc(F)cc2)nnc1-c1ccc(OC)cc1. The first-order valence-corrected chi connectivity index (χ1v) is 9.21. The minimum atomic E-state index is -0.367. The van der Waals surface area contributed by atoms with E-state index >= 15 is 0 Å². The van der Waals surface area contributed by atoms with Crippen molar-refractivity contribution in [1.29, 1.82) is 0 Å². The van der Waals surface area contributed by atoms with Gasteiger partial charge in [-0.1, -0.05) is 17.8 Å². The van der Waals surface area contributed by atoms with Gasteiger partial charge >= 0.3 is 0 Å². The van der Waals surface area contributed by atoms with Crippen molar-refractivity contribution < 1.29 is 13.9 Å². The highest BCUT2D eigenvalue weighted by Gasteiger charge is 2.15. The summed E-state index contributed by atoms with van der Waals surface area (Å²) in [6.45, 7) is 4.30. The molecule has 0 atom stereocenters. The molecule has 0 fully saturated rings. The molecular weight excluding hydrogens is 365 g/mol. The average molecular weight is 383 g/mol. The van der Waals surface area contributed by atoms with Crippen LogP contribution in [-0.2, 0) is 6.54 Å². The van der Waals surface area contributed by atoms with Gasteiger partial charge in [-0.3, -0.25) is 9.36 Å². The molecule has 0 aliphatic rings. The van der Waals surface area contributed by atoms with Crippen molar-refractivity contribution in [1.82, 2.24) is 14.8 Å². The maximum atomic E-state index is 13.0. The lowest BCUT2D eigenvalue weighted by atomic mass is 10.1. The molecule has 0 unspecified atom stereocenters. The third-order valence-corrected chi connectivity index (χ3v) is 4.84. The van der Waals surface area contributed by atoms with Gasteiger partial charge in [-0.15, -0.1) is 16.8 Å². The number of ether oxygens (including phenoxy) is 1. The first kappa shape index (κ1) is 18.8. The molecule has 0 N–H and O–H groups in total. The number of nitrogens with zero attached hydrogens (tertiary/aromatic N) is 3. The van der Waals surface area contributed by atoms with E-state index in [-0.39, 0.29) is 17.4 Å². The van der Waals surface area contributed by atoms with Gasteiger partial charge in [0.2, 0.25) is 0 Å². The topological polar surface area (TPSA) is 57.0 Å². The molecule has 0 aliphatic carbocycles. The molecule has 0 aliphatic heterocycles. The molecule has 1 aromatic heterocycles. The van der Waals surface area contributed by atoms with E-state index in [1.165, 1.54) is 36.0 Å². The predicted octanol–water partition coefficient (Wildman–Crippen LogP) is 4.25. The molecule has 0 amide bonds. The fraction of sp³-hybridized carbons (Fsp3) is 0.150. The summed E-state index contributed by atoms with van der Waals surface area (Å²) in [5.41, 5.74) is 1.36. The van der Waals surface area contributed by atoms with Crippen molar-refractivity contribution in [3.05, 3.63) is 72.6 Å². The number of ketones is 1. The lowest BCUT2D eigenvalue weighted by Gasteiger charge is -2.08. The van der Waals surface area contributed by atoms with Crippen molar-refractivity contribution in [3.63, 3.8) is 0 Å². The van der Waals surface area contributed by atoms with E-state index < -0.39 is 0 Å². The van der Waals surface area contributed by atoms with Gasteiger partial charge in [-0.2, -0.15) is 0 Å². The number of rotatable bonds is 8. The Bertz CT molecular complexity index is 937. The Balaban J connectivity index is 1.79. The van der Waals surface area contributed by atoms with Crippen molar-refractivity contribution in [2.24, 2.45) is 0 Å². The highest BCUT2D eigenvalue weighted by molar-refractivity contribution is 7.99. The van der Waals surface area contributed by atoms with Crippen molar-refractivity contribution in [2.45, 2.75) is 11.7 Å². The van der Waals surface area contributed by atoms with Crippen LogP contribution in [0.15, 0.2) is 66.3 Å². The molecule has 2 aromatic carbocycles. The van der Waals surface area contributed by atoms with Crippen molar-refractivity contribution in [2.75, 3.05) is 12.9 Å². The van der Waals surface area contributed by atoms with Crippen LogP contribution in [0.5, 0.6) is 5.75 Å². The van der Waals surface area contributed by atoms with Gasteiger partial charge in [0.25, 0.3) is 0 Å². The Hall–Kier alpha value is -2.93. The number of carbonyl (C=O) groups excluding carboxylic acids is 1. The molecule has 3 rings (SSSR count). The normalized spacial score (nSPS) is 10.6. The number of thioether (sulfide) groups is 1. The molecule has 27 heavy (non-hydrogen) atoms. The minimum Gasteiger partial charge on any atom is -0.497 e. The number of halogens is 1. The molecule has 138 valence electrons. The molecule has 7 heteroatoms. The van der Waals surface area contributed by atoms with E-state index in [0.717, 1.165) is 11.3 Å². The number of benzene rings is 2. The van der Waals surface area contributed by atoms with Crippen LogP contribution in [0.2, 0.25) is 0 Å². The Labute approximate surface area is 160 Å². The third-order valence-electron chi connectivity index (χ3n) is 3.88. The maximum Gasteiger partial charge on any atom is 0.192 e. The van der Waals surface area contributed by atoms with Crippen LogP contribution >= 0.6 is 11.8 Å². The molecule has 0 saturated heterocycles. The first-order valence-electron chi connectivity index (χ1n) is 8.22. The van der Waals surface area contributed by atoms with E-state index in [1.54, 1.807) is 13.2 Å². The highest BCUT2D eigenvalue weighted by Crippen LogP contribution is 2.26. The summed E-state index contributed by atoms with van der Waals surface area (Å²) in [6, 6.07) is 13.0. The highest BCUT2D eigenvalue weighted by atomic mass is 32.2. The number of Topliss-reactive ketones (excluding diaryl/α,β-unsaturated/α-hetero) is 1. The molecule has 0 saturated carbocycles. The fourth-order valence-electron chi connectivity index (χ4n) is 2.49. The quantitative estimate of drug-likeness (QED) is 0.331. The Morgan fingerprint density at radius 3 is 2.52 bits per heavy atom. The van der Waals surface area contributed by atoms with Gasteiger partial charge < -0.3 is 4.74 Å². The van der Waals surface area contributed by atoms with Crippen LogP contribution < -0.4 is 4.74 Å². The van der Waals surface area contributed by atoms with E-state index in [4.69, 9.17) is 4.74 Å². The molecule has 1 heterocycles. The molecular formula is C20H18FN3O2S. The second-order valence-electron chi connectivity index (χ2n) is 5.65. The Kier molecular flexibility index (Phi) is 6.03. The molecule has 3 aromatic rings. The van der Waals surface area contributed by atoms with Gasteiger partial charge in [0.05, 0.1) is 12.9 Å². The number of allylic oxidation sites excluding steroid dienone is 1. The van der Waals surface area contributed by atoms with E-state index in [1.807, 2.05) is 28.8 Å². The van der Waals surface area contributed by atoms with Gasteiger partial charge in [-0.05, 0) is 48.5 Å². The summed E-state index contributed by atoms with van der Waals surface area (Å²) < 4.78 is 20.1. The Morgan fingerprint density at radius 1 is 1.19 bits per heavy atom. The van der Waals surface area contributed by atoms with Gasteiger partial charge in [0.15, 0.2) is 16.8 Å². The molecule has 0 radical (unpaired) electrons. The van der Waals surface area contributed by atoms with Crippen LogP contribution in [0.4, 0.5) is 4.39 Å². The van der Waals surface area contributed by atoms with Gasteiger partial charge in [0, 0.05) is 17.7 Å². The summed E-state index contributed by atoms with van der Waals surface area (Å²) in [5, 5.41) is 9.11. The fourth-order valence-corrected chi connectivity index (χ4v) is 3.33. The zero-order valence-corrected chi connectivity index (χ0v) is 15.6. The second-order valence-corrected chi connectivity index (χ2v) is 6.60. The number of carbonyl (C=O) groups is 1. The number of methoxy groups -OCH3 is 1. The zero-order valence-electron chi connectivity index (χ0n) is 14.8. The summed E-state index contributed by atoms with van der Waals surface area (Å²) >= 11 is 1.29. The van der Waals surface area contributed by atoms with Gasteiger partial charge in [-0.25, -0.2) is 4.39 Å². The van der Waals surface area contributed by atoms with Crippen LogP contribution in [-0.4, -0.2) is 33.4 Å². The first-order chi connectivity index (χ1) is 13.1. The molecule has 0 bridgehead atoms. The summed E-state index contributed by atoms with van der Waals surface area (Å²) in [4.78, 5) is 12.3. The lowest BCUT2D eigenvalue weighted by molar-refractivity contribution is 0.102. The van der Waals surface area contributed by atoms with Crippen LogP contribution in [0.3, 0.4) is 0 Å². The molecule has 5 nitrogen and oxygen atoms in total. The average Bonchev–Trinajstić information content (AvgIpc) is 3.09. The zero-order chi connectivity index (χ0) is 19.2. The smallest absolute Gasteiger partial charge is 0.192 e. The number of hydrogen-bond donors (Lipinski definition) is 0. The standard InChI is InChI=1S/C20H18FN3O2S/c1-3-12-24-19(15-6-10-17(26-2)11-7-15)22-23-20(24)27-13-18(25)14-4-8-16(21)9-5-14/h3-11H,1,12-13H2,2H3. The third kappa shape index (κ3) is 4.43. The second kappa shape index (κ2) is 8.64. The van der Waals surface area contributed by atoms with Gasteiger partial charge in [0.1, 0.15) is 11.6 Å². The largest absolute Gasteiger partial charge is 0.497 e. The van der Waals surface area contributed by atoms with E-state index in [2.05, 4.69) is 16.8 Å². The lowest BCUT2D eigenvalue weighted by Crippen LogP contribution is -2.05. The number of hydrogen-bond acceptors (Lipinski definition) is 5. The molecule has 0 spiro atoms. The number of aromatic nitrogens is 3. The van der Waals surface area contributed by atoms with Crippen molar-refractivity contribution in [3.8, 4) is 17.1 Å². The minimum absolute atomic E-state index is 0.0980. The van der Waals surface area contributed by atoms with Crippen molar-refractivity contribution >= 4 is 17.5 Å². The van der Waals surface area contributed by atoms with Crippen LogP contribution in [0, 0.1) is 5.82 Å². The van der Waals surface area contributed by atoms with Crippen LogP contribution in [0.25, 0.3) is 11.4 Å². The predicted molar refractivity (Wildman–Crippen MR) is 104 cm³/mol. The summed E-state index contributed by atoms with van der Waals surface area (Å²) in [7, 11) is 1.61. The Morgan fingerprint density at radius 2 is 1.89 bits per heavy atom. The van der Waals surface area contributed by atoms with E-state index in [9.17, 15) is 9.18 Å². The maximum absolute atomic E-state index is 13.0. The summed E-state index contributed by atoms with van der Waals surface area (Å²) in [5.74, 6) is 1.17. The summed E-state index contributed by atoms with van der Waals surface area (Å²) in [6.07, 6.45) is 1.75. The van der Waals surface area contributed by atoms with Crippen LogP contribution in [0.1, 0.15) is 10.4 Å².